The number of hydrogen-bond donors (Lipinski definition) is 2. The third-order valence-corrected chi connectivity index (χ3v) is 5.08. The highest BCUT2D eigenvalue weighted by molar-refractivity contribution is 5.77. The van der Waals surface area contributed by atoms with E-state index in [1.54, 1.807) is 0 Å². The fourth-order valence-corrected chi connectivity index (χ4v) is 4.03. The molecule has 2 N–H and O–H groups in total. The van der Waals surface area contributed by atoms with Gasteiger partial charge < -0.3 is 4.98 Å². The van der Waals surface area contributed by atoms with Gasteiger partial charge in [0.1, 0.15) is 11.6 Å². The number of nitriles is 1. The monoisotopic (exact) mass is 315 g/mol. The molecule has 5 nitrogen and oxygen atoms in total. The molecule has 4 aromatic rings. The fourth-order valence-electron chi connectivity index (χ4n) is 4.03. The highest BCUT2D eigenvalue weighted by atomic mass is 15.2. The summed E-state index contributed by atoms with van der Waals surface area (Å²) in [5.41, 5.74) is 6.32. The van der Waals surface area contributed by atoms with E-state index in [1.165, 1.54) is 11.1 Å². The molecule has 1 aromatic carbocycles. The molecule has 3 heterocycles. The number of imidazole rings is 2. The maximum atomic E-state index is 9.80. The van der Waals surface area contributed by atoms with Crippen LogP contribution in [0.4, 0.5) is 0 Å². The first-order valence-electron chi connectivity index (χ1n) is 8.26. The molecule has 5 rings (SSSR count). The lowest BCUT2D eigenvalue weighted by Crippen LogP contribution is -2.45. The fraction of sp³-hybridized carbons (Fsp3) is 0.211. The molecule has 3 aromatic heterocycles. The minimum atomic E-state index is 0.788. The van der Waals surface area contributed by atoms with E-state index < -0.39 is 0 Å². The average molecular weight is 315 g/mol. The maximum absolute atomic E-state index is 9.80. The Hall–Kier alpha value is -3.13. The van der Waals surface area contributed by atoms with Crippen LogP contribution in [0.2, 0.25) is 0 Å². The van der Waals surface area contributed by atoms with Gasteiger partial charge in [0.2, 0.25) is 0 Å². The molecule has 0 atom stereocenters. The van der Waals surface area contributed by atoms with Gasteiger partial charge in [0.05, 0.1) is 18.0 Å². The van der Waals surface area contributed by atoms with Crippen molar-refractivity contribution in [3.8, 4) is 11.9 Å². The summed E-state index contributed by atoms with van der Waals surface area (Å²) in [6.07, 6.45) is 7.10. The third-order valence-electron chi connectivity index (χ3n) is 5.08. The standard InChI is InChI=1S/C19H15N5/c1-12-21-9-10-23(12)19-14-6-4-5-13(14)15(11-20)18-22-16-7-2-3-8-17(16)24(18)19/h2-3,7-10H,4-6H2,1H3/p+2. The normalized spacial score (nSPS) is 13.5. The SMILES string of the molecule is Cc1[nH]cc[n+]1-c1c2c(c(C#N)c3[nH]c4ccccc4[n+]13)CCC2. The van der Waals surface area contributed by atoms with Crippen molar-refractivity contribution >= 4 is 16.7 Å². The van der Waals surface area contributed by atoms with Gasteiger partial charge in [0, 0.05) is 0 Å². The molecule has 5 heteroatoms. The van der Waals surface area contributed by atoms with E-state index in [9.17, 15) is 5.26 Å². The first-order chi connectivity index (χ1) is 11.8. The van der Waals surface area contributed by atoms with Gasteiger partial charge in [0.25, 0.3) is 5.65 Å². The van der Waals surface area contributed by atoms with Crippen LogP contribution in [-0.4, -0.2) is 9.97 Å². The number of pyridine rings is 1. The number of nitrogens with one attached hydrogen (secondary N) is 2. The van der Waals surface area contributed by atoms with Crippen molar-refractivity contribution in [1.29, 1.82) is 5.26 Å². The van der Waals surface area contributed by atoms with Gasteiger partial charge in [-0.3, -0.25) is 0 Å². The molecule has 0 aliphatic heterocycles. The highest BCUT2D eigenvalue weighted by Gasteiger charge is 2.35. The number of para-hydroxylation sites is 2. The Kier molecular flexibility index (Phi) is 2.60. The Morgan fingerprint density at radius 1 is 1.17 bits per heavy atom. The molecular weight excluding hydrogens is 298 g/mol. The van der Waals surface area contributed by atoms with E-state index in [1.807, 2.05) is 18.3 Å². The second-order valence-electron chi connectivity index (χ2n) is 6.36. The van der Waals surface area contributed by atoms with Gasteiger partial charge in [0.15, 0.2) is 17.9 Å². The number of rotatable bonds is 1. The zero-order chi connectivity index (χ0) is 16.3. The number of fused-ring (bicyclic) bond motifs is 4. The maximum Gasteiger partial charge on any atom is 0.355 e. The summed E-state index contributed by atoms with van der Waals surface area (Å²) in [7, 11) is 0. The van der Waals surface area contributed by atoms with Gasteiger partial charge in [-0.05, 0) is 37.0 Å². The Labute approximate surface area is 138 Å². The molecule has 0 fully saturated rings. The van der Waals surface area contributed by atoms with Gasteiger partial charge in [-0.15, -0.1) is 8.97 Å². The van der Waals surface area contributed by atoms with Crippen molar-refractivity contribution in [2.75, 3.05) is 0 Å². The predicted octanol–water partition coefficient (Wildman–Crippen LogP) is 2.18. The number of aromatic amines is 2. The lowest BCUT2D eigenvalue weighted by Gasteiger charge is -2.05. The molecule has 24 heavy (non-hydrogen) atoms. The van der Waals surface area contributed by atoms with Crippen molar-refractivity contribution in [2.24, 2.45) is 0 Å². The Bertz CT molecular complexity index is 1160. The largest absolute Gasteiger partial charge is 0.355 e. The van der Waals surface area contributed by atoms with E-state index in [2.05, 4.69) is 50.3 Å². The lowest BCUT2D eigenvalue weighted by molar-refractivity contribution is -0.702. The summed E-state index contributed by atoms with van der Waals surface area (Å²) in [5, 5.41) is 9.80. The molecular formula is C19H17N5+2. The third kappa shape index (κ3) is 1.57. The smallest absolute Gasteiger partial charge is 0.310 e. The van der Waals surface area contributed by atoms with E-state index in [0.717, 1.165) is 53.1 Å². The molecule has 0 bridgehead atoms. The van der Waals surface area contributed by atoms with Crippen LogP contribution < -0.4 is 8.97 Å². The van der Waals surface area contributed by atoms with Gasteiger partial charge in [-0.1, -0.05) is 12.1 Å². The van der Waals surface area contributed by atoms with Crippen molar-refractivity contribution in [1.82, 2.24) is 9.97 Å². The molecule has 0 saturated carbocycles. The number of H-pyrrole nitrogens is 2. The van der Waals surface area contributed by atoms with Crippen LogP contribution >= 0.6 is 0 Å². The number of hydrogen-bond acceptors (Lipinski definition) is 1. The first kappa shape index (κ1) is 13.3. The van der Waals surface area contributed by atoms with Crippen LogP contribution in [0.15, 0.2) is 36.7 Å². The van der Waals surface area contributed by atoms with Gasteiger partial charge in [-0.25, -0.2) is 4.98 Å². The van der Waals surface area contributed by atoms with Crippen molar-refractivity contribution < 1.29 is 8.97 Å². The molecule has 116 valence electrons. The van der Waals surface area contributed by atoms with Crippen LogP contribution in [0.1, 0.15) is 28.9 Å². The van der Waals surface area contributed by atoms with Crippen LogP contribution in [-0.2, 0) is 12.8 Å². The van der Waals surface area contributed by atoms with E-state index in [0.29, 0.717) is 0 Å². The minimum absolute atomic E-state index is 0.788. The number of benzene rings is 1. The molecule has 0 saturated heterocycles. The number of aryl methyl sites for hydroxylation is 1. The molecule has 0 spiro atoms. The van der Waals surface area contributed by atoms with Crippen molar-refractivity contribution in [2.45, 2.75) is 26.2 Å². The van der Waals surface area contributed by atoms with E-state index in [-0.39, 0.29) is 0 Å². The summed E-state index contributed by atoms with van der Waals surface area (Å²) < 4.78 is 4.40. The van der Waals surface area contributed by atoms with Gasteiger partial charge in [-0.2, -0.15) is 5.26 Å². The topological polar surface area (TPSA) is 63.3 Å². The van der Waals surface area contributed by atoms with E-state index in [4.69, 9.17) is 0 Å². The summed E-state index contributed by atoms with van der Waals surface area (Å²) in [6, 6.07) is 10.7. The van der Waals surface area contributed by atoms with Crippen LogP contribution in [0.25, 0.3) is 22.5 Å². The Morgan fingerprint density at radius 2 is 2.00 bits per heavy atom. The van der Waals surface area contributed by atoms with Gasteiger partial charge >= 0.3 is 11.6 Å². The minimum Gasteiger partial charge on any atom is -0.310 e. The molecule has 1 aliphatic carbocycles. The molecule has 0 amide bonds. The van der Waals surface area contributed by atoms with Crippen molar-refractivity contribution in [3.05, 3.63) is 59.2 Å². The van der Waals surface area contributed by atoms with Crippen LogP contribution in [0, 0.1) is 18.3 Å². The summed E-state index contributed by atoms with van der Waals surface area (Å²) in [6.45, 7) is 2.07. The van der Waals surface area contributed by atoms with Crippen molar-refractivity contribution in [3.63, 3.8) is 0 Å². The van der Waals surface area contributed by atoms with Crippen LogP contribution in [0.5, 0.6) is 0 Å². The Morgan fingerprint density at radius 3 is 2.79 bits per heavy atom. The quantitative estimate of drug-likeness (QED) is 0.520. The summed E-state index contributed by atoms with van der Waals surface area (Å²) in [5.74, 6) is 2.22. The zero-order valence-corrected chi connectivity index (χ0v) is 13.4. The number of aromatic nitrogens is 4. The zero-order valence-electron chi connectivity index (χ0n) is 13.4. The Balaban J connectivity index is 2.08. The predicted molar refractivity (Wildman–Crippen MR) is 88.8 cm³/mol. The summed E-state index contributed by atoms with van der Waals surface area (Å²) in [4.78, 5) is 6.73. The lowest BCUT2D eigenvalue weighted by atomic mass is 10.1. The average Bonchev–Trinajstić information content (AvgIpc) is 3.31. The highest BCUT2D eigenvalue weighted by Crippen LogP contribution is 2.30. The molecule has 1 aliphatic rings. The molecule has 0 radical (unpaired) electrons. The molecule has 0 unspecified atom stereocenters. The van der Waals surface area contributed by atoms with E-state index >= 15 is 0 Å². The first-order valence-corrected chi connectivity index (χ1v) is 8.26. The summed E-state index contributed by atoms with van der Waals surface area (Å²) >= 11 is 0. The second-order valence-corrected chi connectivity index (χ2v) is 6.36. The second kappa shape index (κ2) is 4.68. The van der Waals surface area contributed by atoms with Crippen LogP contribution in [0.3, 0.4) is 0 Å². The number of nitrogens with zero attached hydrogens (tertiary/aromatic N) is 3.